The van der Waals surface area contributed by atoms with Crippen LogP contribution in [0.4, 0.5) is 0 Å². The molecule has 0 saturated heterocycles. The Hall–Kier alpha value is -0.570. The summed E-state index contributed by atoms with van der Waals surface area (Å²) in [7, 11) is 0. The van der Waals surface area contributed by atoms with Crippen LogP contribution in [0.3, 0.4) is 0 Å². The van der Waals surface area contributed by atoms with Gasteiger partial charge < -0.3 is 10.8 Å². The fourth-order valence-corrected chi connectivity index (χ4v) is 1.06. The van der Waals surface area contributed by atoms with Gasteiger partial charge in [-0.3, -0.25) is 4.79 Å². The van der Waals surface area contributed by atoms with Crippen molar-refractivity contribution in [1.29, 1.82) is 0 Å². The number of rotatable bonds is 7. The SMILES string of the molecule is CC(C)N.CCCCCCCCC(=O)O. The second-order valence-corrected chi connectivity index (χ2v) is 4.16. The molecular formula is C12H27NO2. The number of carbonyl (C=O) groups is 1. The highest BCUT2D eigenvalue weighted by molar-refractivity contribution is 5.66. The summed E-state index contributed by atoms with van der Waals surface area (Å²) in [5.41, 5.74) is 5.11. The summed E-state index contributed by atoms with van der Waals surface area (Å²) in [6.07, 6.45) is 7.25. The Kier molecular flexibility index (Phi) is 15.1. The largest absolute Gasteiger partial charge is 0.481 e. The van der Waals surface area contributed by atoms with Crippen molar-refractivity contribution in [2.24, 2.45) is 5.73 Å². The van der Waals surface area contributed by atoms with E-state index in [1.165, 1.54) is 25.7 Å². The lowest BCUT2D eigenvalue weighted by atomic mass is 10.1. The Morgan fingerprint density at radius 3 is 1.93 bits per heavy atom. The van der Waals surface area contributed by atoms with Gasteiger partial charge in [-0.15, -0.1) is 0 Å². The number of unbranched alkanes of at least 4 members (excludes halogenated alkanes) is 5. The van der Waals surface area contributed by atoms with E-state index in [-0.39, 0.29) is 0 Å². The minimum absolute atomic E-state index is 0.333. The van der Waals surface area contributed by atoms with E-state index in [0.717, 1.165) is 12.8 Å². The van der Waals surface area contributed by atoms with Crippen molar-refractivity contribution in [3.8, 4) is 0 Å². The lowest BCUT2D eigenvalue weighted by Gasteiger charge is -1.97. The molecule has 0 aliphatic carbocycles. The number of aliphatic carboxylic acids is 1. The molecule has 3 N–H and O–H groups in total. The molecule has 0 fully saturated rings. The lowest BCUT2D eigenvalue weighted by molar-refractivity contribution is -0.137. The summed E-state index contributed by atoms with van der Waals surface area (Å²) in [6, 6.07) is 0.333. The molecule has 3 heteroatoms. The third kappa shape index (κ3) is 31.8. The van der Waals surface area contributed by atoms with Gasteiger partial charge in [0.2, 0.25) is 0 Å². The zero-order valence-corrected chi connectivity index (χ0v) is 10.5. The van der Waals surface area contributed by atoms with Gasteiger partial charge in [-0.25, -0.2) is 0 Å². The molecule has 0 heterocycles. The van der Waals surface area contributed by atoms with Crippen molar-refractivity contribution in [2.75, 3.05) is 0 Å². The average molecular weight is 217 g/mol. The number of hydrogen-bond acceptors (Lipinski definition) is 2. The molecule has 0 saturated carbocycles. The fourth-order valence-electron chi connectivity index (χ4n) is 1.06. The monoisotopic (exact) mass is 217 g/mol. The first-order valence-electron chi connectivity index (χ1n) is 5.98. The van der Waals surface area contributed by atoms with Gasteiger partial charge in [-0.05, 0) is 12.5 Å². The first-order chi connectivity index (χ1) is 7.00. The van der Waals surface area contributed by atoms with Crippen LogP contribution >= 0.6 is 0 Å². The summed E-state index contributed by atoms with van der Waals surface area (Å²) >= 11 is 0. The van der Waals surface area contributed by atoms with Crippen molar-refractivity contribution >= 4 is 5.97 Å². The van der Waals surface area contributed by atoms with Crippen molar-refractivity contribution in [2.45, 2.75) is 71.8 Å². The summed E-state index contributed by atoms with van der Waals surface area (Å²) < 4.78 is 0. The van der Waals surface area contributed by atoms with Gasteiger partial charge >= 0.3 is 5.97 Å². The molecule has 0 aliphatic heterocycles. The Morgan fingerprint density at radius 1 is 1.13 bits per heavy atom. The van der Waals surface area contributed by atoms with Gasteiger partial charge in [0.25, 0.3) is 0 Å². The summed E-state index contributed by atoms with van der Waals surface area (Å²) in [6.45, 7) is 6.07. The normalized spacial score (nSPS) is 9.67. The van der Waals surface area contributed by atoms with Gasteiger partial charge in [0, 0.05) is 6.42 Å². The maximum atomic E-state index is 10.1. The molecule has 15 heavy (non-hydrogen) atoms. The maximum absolute atomic E-state index is 10.1. The summed E-state index contributed by atoms with van der Waals surface area (Å²) in [5, 5.41) is 8.32. The molecule has 3 nitrogen and oxygen atoms in total. The van der Waals surface area contributed by atoms with Crippen LogP contribution < -0.4 is 5.73 Å². The van der Waals surface area contributed by atoms with E-state index in [4.69, 9.17) is 10.8 Å². The number of hydrogen-bond donors (Lipinski definition) is 2. The fraction of sp³-hybridized carbons (Fsp3) is 0.917. The van der Waals surface area contributed by atoms with E-state index >= 15 is 0 Å². The average Bonchev–Trinajstić information content (AvgIpc) is 2.09. The highest BCUT2D eigenvalue weighted by Gasteiger charge is 1.95. The summed E-state index contributed by atoms with van der Waals surface area (Å²) in [5.74, 6) is -0.666. The molecule has 0 bridgehead atoms. The van der Waals surface area contributed by atoms with Crippen LogP contribution in [0, 0.1) is 0 Å². The van der Waals surface area contributed by atoms with Crippen LogP contribution in [0.1, 0.15) is 65.7 Å². The van der Waals surface area contributed by atoms with Crippen LogP contribution in [-0.2, 0) is 4.79 Å². The first-order valence-corrected chi connectivity index (χ1v) is 5.98. The van der Waals surface area contributed by atoms with E-state index in [9.17, 15) is 4.79 Å². The zero-order chi connectivity index (χ0) is 12.1. The Morgan fingerprint density at radius 2 is 1.53 bits per heavy atom. The van der Waals surface area contributed by atoms with E-state index < -0.39 is 5.97 Å². The molecule has 0 amide bonds. The molecule has 0 aliphatic rings. The third-order valence-electron chi connectivity index (χ3n) is 1.74. The molecular weight excluding hydrogens is 190 g/mol. The van der Waals surface area contributed by atoms with Crippen molar-refractivity contribution < 1.29 is 9.90 Å². The number of nitrogens with two attached hydrogens (primary N) is 1. The second kappa shape index (κ2) is 13.4. The number of carboxylic acids is 1. The Labute approximate surface area is 94.1 Å². The van der Waals surface area contributed by atoms with Crippen molar-refractivity contribution in [1.82, 2.24) is 0 Å². The van der Waals surface area contributed by atoms with Gasteiger partial charge in [-0.1, -0.05) is 52.9 Å². The minimum atomic E-state index is -0.666. The highest BCUT2D eigenvalue weighted by Crippen LogP contribution is 2.06. The Balaban J connectivity index is 0. The van der Waals surface area contributed by atoms with Crippen LogP contribution in [0.25, 0.3) is 0 Å². The lowest BCUT2D eigenvalue weighted by Crippen LogP contribution is -2.06. The Bertz CT molecular complexity index is 133. The number of carboxylic acid groups (broad SMARTS) is 1. The first kappa shape index (κ1) is 16.8. The topological polar surface area (TPSA) is 63.3 Å². The third-order valence-corrected chi connectivity index (χ3v) is 1.74. The predicted molar refractivity (Wildman–Crippen MR) is 65.0 cm³/mol. The van der Waals surface area contributed by atoms with Crippen LogP contribution in [0.5, 0.6) is 0 Å². The molecule has 0 radical (unpaired) electrons. The van der Waals surface area contributed by atoms with E-state index in [1.54, 1.807) is 0 Å². The van der Waals surface area contributed by atoms with Gasteiger partial charge in [0.1, 0.15) is 0 Å². The van der Waals surface area contributed by atoms with Crippen LogP contribution in [-0.4, -0.2) is 17.1 Å². The quantitative estimate of drug-likeness (QED) is 0.644. The molecule has 0 spiro atoms. The molecule has 0 aromatic heterocycles. The van der Waals surface area contributed by atoms with Gasteiger partial charge in [0.15, 0.2) is 0 Å². The zero-order valence-electron chi connectivity index (χ0n) is 10.5. The van der Waals surface area contributed by atoms with E-state index in [0.29, 0.717) is 12.5 Å². The summed E-state index contributed by atoms with van der Waals surface area (Å²) in [4.78, 5) is 10.1. The van der Waals surface area contributed by atoms with Crippen molar-refractivity contribution in [3.63, 3.8) is 0 Å². The molecule has 0 aromatic rings. The molecule has 0 unspecified atom stereocenters. The smallest absolute Gasteiger partial charge is 0.303 e. The predicted octanol–water partition coefficient (Wildman–Crippen LogP) is 3.18. The second-order valence-electron chi connectivity index (χ2n) is 4.16. The van der Waals surface area contributed by atoms with E-state index in [2.05, 4.69) is 6.92 Å². The van der Waals surface area contributed by atoms with E-state index in [1.807, 2.05) is 13.8 Å². The van der Waals surface area contributed by atoms with Gasteiger partial charge in [0.05, 0.1) is 0 Å². The van der Waals surface area contributed by atoms with Gasteiger partial charge in [-0.2, -0.15) is 0 Å². The van der Waals surface area contributed by atoms with Crippen LogP contribution in [0.2, 0.25) is 0 Å². The maximum Gasteiger partial charge on any atom is 0.303 e. The molecule has 92 valence electrons. The molecule has 0 aromatic carbocycles. The van der Waals surface area contributed by atoms with Crippen LogP contribution in [0.15, 0.2) is 0 Å². The molecule has 0 rings (SSSR count). The molecule has 0 atom stereocenters. The van der Waals surface area contributed by atoms with Crippen molar-refractivity contribution in [3.05, 3.63) is 0 Å². The standard InChI is InChI=1S/C9H18O2.C3H9N/c1-2-3-4-5-6-7-8-9(10)11;1-3(2)4/h2-8H2,1H3,(H,10,11);3H,4H2,1-2H3. The minimum Gasteiger partial charge on any atom is -0.481 e. The highest BCUT2D eigenvalue weighted by atomic mass is 16.4.